The van der Waals surface area contributed by atoms with E-state index in [0.717, 1.165) is 0 Å². The van der Waals surface area contributed by atoms with E-state index in [-0.39, 0.29) is 24.0 Å². The summed E-state index contributed by atoms with van der Waals surface area (Å²) in [6, 6.07) is 10.0. The highest BCUT2D eigenvalue weighted by atomic mass is 19.1. The second-order valence-electron chi connectivity index (χ2n) is 6.81. The predicted molar refractivity (Wildman–Crippen MR) is 109 cm³/mol. The van der Waals surface area contributed by atoms with Gasteiger partial charge in [0.25, 0.3) is 0 Å². The molecule has 0 spiro atoms. The number of anilines is 1. The molecule has 3 N–H and O–H groups in total. The number of nitrogens with two attached hydrogens (primary N) is 1. The molecule has 1 unspecified atom stereocenters. The Kier molecular flexibility index (Phi) is 5.09. The van der Waals surface area contributed by atoms with Crippen molar-refractivity contribution in [3.05, 3.63) is 65.7 Å². The molecule has 0 aliphatic heterocycles. The van der Waals surface area contributed by atoms with Gasteiger partial charge in [-0.15, -0.1) is 0 Å². The minimum absolute atomic E-state index is 0.0925. The molecule has 152 valence electrons. The van der Waals surface area contributed by atoms with Crippen LogP contribution in [0, 0.1) is 5.82 Å². The van der Waals surface area contributed by atoms with Gasteiger partial charge in [-0.05, 0) is 24.6 Å². The number of nitrogen functional groups attached to an aromatic ring is 1. The SMILES string of the molecule is CCC(C(=O)O)c1cnc(-c2nn(Cc3ccccc3F)c3ncccc23)nc1N. The Morgan fingerprint density at radius 3 is 2.73 bits per heavy atom. The van der Waals surface area contributed by atoms with Crippen LogP contribution in [-0.4, -0.2) is 35.8 Å². The third-order valence-corrected chi connectivity index (χ3v) is 4.93. The van der Waals surface area contributed by atoms with Crippen LogP contribution in [0.4, 0.5) is 10.2 Å². The first-order valence-electron chi connectivity index (χ1n) is 9.40. The largest absolute Gasteiger partial charge is 0.481 e. The quantitative estimate of drug-likeness (QED) is 0.504. The molecule has 3 aromatic heterocycles. The molecule has 0 radical (unpaired) electrons. The number of aliphatic carboxylic acids is 1. The minimum Gasteiger partial charge on any atom is -0.481 e. The molecule has 1 aromatic carbocycles. The lowest BCUT2D eigenvalue weighted by molar-refractivity contribution is -0.138. The lowest BCUT2D eigenvalue weighted by Crippen LogP contribution is -2.14. The average molecular weight is 406 g/mol. The zero-order valence-electron chi connectivity index (χ0n) is 16.2. The van der Waals surface area contributed by atoms with Crippen LogP contribution >= 0.6 is 0 Å². The average Bonchev–Trinajstić information content (AvgIpc) is 3.10. The van der Waals surface area contributed by atoms with Gasteiger partial charge in [-0.1, -0.05) is 25.1 Å². The van der Waals surface area contributed by atoms with Crippen molar-refractivity contribution in [2.24, 2.45) is 0 Å². The molecule has 3 heterocycles. The van der Waals surface area contributed by atoms with Gasteiger partial charge in [0.05, 0.1) is 17.8 Å². The summed E-state index contributed by atoms with van der Waals surface area (Å²) in [5.41, 5.74) is 7.89. The first-order chi connectivity index (χ1) is 14.5. The molecule has 0 saturated carbocycles. The molecule has 0 amide bonds. The number of hydrogen-bond acceptors (Lipinski definition) is 6. The van der Waals surface area contributed by atoms with Gasteiger partial charge in [-0.25, -0.2) is 24.0 Å². The Labute approximate surface area is 171 Å². The van der Waals surface area contributed by atoms with Crippen molar-refractivity contribution in [2.75, 3.05) is 5.73 Å². The van der Waals surface area contributed by atoms with Crippen LogP contribution in [0.3, 0.4) is 0 Å². The van der Waals surface area contributed by atoms with Crippen molar-refractivity contribution in [3.63, 3.8) is 0 Å². The van der Waals surface area contributed by atoms with Crippen molar-refractivity contribution in [3.8, 4) is 11.5 Å². The third kappa shape index (κ3) is 3.45. The number of carboxylic acids is 1. The van der Waals surface area contributed by atoms with E-state index in [2.05, 4.69) is 20.1 Å². The summed E-state index contributed by atoms with van der Waals surface area (Å²) in [6.45, 7) is 1.94. The Morgan fingerprint density at radius 1 is 1.23 bits per heavy atom. The molecule has 4 aromatic rings. The van der Waals surface area contributed by atoms with Crippen molar-refractivity contribution < 1.29 is 14.3 Å². The molecule has 0 aliphatic rings. The number of pyridine rings is 1. The third-order valence-electron chi connectivity index (χ3n) is 4.93. The van der Waals surface area contributed by atoms with E-state index < -0.39 is 11.9 Å². The fourth-order valence-electron chi connectivity index (χ4n) is 3.39. The Bertz CT molecular complexity index is 1240. The molecular formula is C21H19FN6O2. The number of nitrogens with zero attached hydrogens (tertiary/aromatic N) is 5. The van der Waals surface area contributed by atoms with Gasteiger partial charge >= 0.3 is 5.97 Å². The van der Waals surface area contributed by atoms with Gasteiger partial charge in [0.15, 0.2) is 11.5 Å². The highest BCUT2D eigenvalue weighted by Crippen LogP contribution is 2.29. The summed E-state index contributed by atoms with van der Waals surface area (Å²) in [6.07, 6.45) is 3.42. The van der Waals surface area contributed by atoms with Crippen molar-refractivity contribution in [1.29, 1.82) is 0 Å². The monoisotopic (exact) mass is 406 g/mol. The number of hydrogen-bond donors (Lipinski definition) is 2. The summed E-state index contributed by atoms with van der Waals surface area (Å²) in [7, 11) is 0. The lowest BCUT2D eigenvalue weighted by atomic mass is 9.98. The van der Waals surface area contributed by atoms with Crippen molar-refractivity contribution in [1.82, 2.24) is 24.7 Å². The number of rotatable bonds is 6. The highest BCUT2D eigenvalue weighted by molar-refractivity contribution is 5.89. The fraction of sp³-hybridized carbons (Fsp3) is 0.190. The smallest absolute Gasteiger partial charge is 0.311 e. The van der Waals surface area contributed by atoms with E-state index in [0.29, 0.717) is 34.3 Å². The van der Waals surface area contributed by atoms with E-state index >= 15 is 0 Å². The summed E-state index contributed by atoms with van der Waals surface area (Å²) in [5.74, 6) is -1.75. The fourth-order valence-corrected chi connectivity index (χ4v) is 3.39. The van der Waals surface area contributed by atoms with Crippen LogP contribution in [-0.2, 0) is 11.3 Å². The van der Waals surface area contributed by atoms with E-state index in [4.69, 9.17) is 5.73 Å². The molecule has 8 nitrogen and oxygen atoms in total. The number of carbonyl (C=O) groups is 1. The van der Waals surface area contributed by atoms with Gasteiger partial charge in [-0.2, -0.15) is 5.10 Å². The van der Waals surface area contributed by atoms with Gasteiger partial charge in [-0.3, -0.25) is 4.79 Å². The normalized spacial score (nSPS) is 12.2. The van der Waals surface area contributed by atoms with Crippen LogP contribution in [0.2, 0.25) is 0 Å². The van der Waals surface area contributed by atoms with E-state index in [1.807, 2.05) is 6.07 Å². The molecule has 1 atom stereocenters. The highest BCUT2D eigenvalue weighted by Gasteiger charge is 2.23. The van der Waals surface area contributed by atoms with E-state index in [1.54, 1.807) is 42.1 Å². The molecule has 0 fully saturated rings. The number of halogens is 1. The van der Waals surface area contributed by atoms with E-state index in [1.165, 1.54) is 12.3 Å². The molecule has 4 rings (SSSR count). The maximum atomic E-state index is 14.1. The van der Waals surface area contributed by atoms with Gasteiger partial charge in [0, 0.05) is 23.5 Å². The maximum absolute atomic E-state index is 14.1. The molecule has 0 bridgehead atoms. The predicted octanol–water partition coefficient (Wildman–Crippen LogP) is 3.24. The van der Waals surface area contributed by atoms with Crippen LogP contribution in [0.25, 0.3) is 22.6 Å². The molecule has 30 heavy (non-hydrogen) atoms. The number of fused-ring (bicyclic) bond motifs is 1. The second-order valence-corrected chi connectivity index (χ2v) is 6.81. The molecular weight excluding hydrogens is 387 g/mol. The lowest BCUT2D eigenvalue weighted by Gasteiger charge is -2.12. The molecule has 0 saturated heterocycles. The van der Waals surface area contributed by atoms with Crippen molar-refractivity contribution >= 4 is 22.8 Å². The summed E-state index contributed by atoms with van der Waals surface area (Å²) in [4.78, 5) is 24.4. The summed E-state index contributed by atoms with van der Waals surface area (Å²) in [5, 5.41) is 14.6. The van der Waals surface area contributed by atoms with Gasteiger partial charge in [0.1, 0.15) is 17.3 Å². The van der Waals surface area contributed by atoms with Gasteiger partial charge in [0.2, 0.25) is 0 Å². The Hall–Kier alpha value is -3.88. The van der Waals surface area contributed by atoms with Crippen LogP contribution in [0.5, 0.6) is 0 Å². The number of aromatic nitrogens is 5. The standard InChI is InChI=1S/C21H19FN6O2/c1-2-13(21(29)30)15-10-25-19(26-18(15)23)17-14-7-5-9-24-20(14)28(27-17)11-12-6-3-4-8-16(12)22/h3-10,13H,2,11H2,1H3,(H,29,30)(H2,23,25,26). The summed E-state index contributed by atoms with van der Waals surface area (Å²) < 4.78 is 15.7. The first-order valence-corrected chi connectivity index (χ1v) is 9.40. The summed E-state index contributed by atoms with van der Waals surface area (Å²) >= 11 is 0. The first kappa shape index (κ1) is 19.4. The van der Waals surface area contributed by atoms with Crippen molar-refractivity contribution in [2.45, 2.75) is 25.8 Å². The van der Waals surface area contributed by atoms with Crippen LogP contribution in [0.15, 0.2) is 48.8 Å². The Balaban J connectivity index is 1.79. The molecule has 9 heteroatoms. The van der Waals surface area contributed by atoms with Gasteiger partial charge < -0.3 is 10.8 Å². The van der Waals surface area contributed by atoms with E-state index in [9.17, 15) is 14.3 Å². The molecule has 0 aliphatic carbocycles. The van der Waals surface area contributed by atoms with Crippen LogP contribution < -0.4 is 5.73 Å². The van der Waals surface area contributed by atoms with Crippen LogP contribution in [0.1, 0.15) is 30.4 Å². The topological polar surface area (TPSA) is 120 Å². The minimum atomic E-state index is -0.982. The zero-order valence-corrected chi connectivity index (χ0v) is 16.2. The maximum Gasteiger partial charge on any atom is 0.311 e. The number of carboxylic acid groups (broad SMARTS) is 1. The zero-order chi connectivity index (χ0) is 21.3. The second kappa shape index (κ2) is 7.86. The number of benzene rings is 1. The Morgan fingerprint density at radius 2 is 2.03 bits per heavy atom.